The van der Waals surface area contributed by atoms with E-state index in [9.17, 15) is 10.1 Å². The summed E-state index contributed by atoms with van der Waals surface area (Å²) in [7, 11) is 1.46. The Labute approximate surface area is 198 Å². The van der Waals surface area contributed by atoms with Crippen LogP contribution >= 0.6 is 23.2 Å². The van der Waals surface area contributed by atoms with Crippen molar-refractivity contribution in [1.29, 1.82) is 5.26 Å². The highest BCUT2D eigenvalue weighted by Gasteiger charge is 2.36. The third-order valence-corrected chi connectivity index (χ3v) is 5.78. The second-order valence-electron chi connectivity index (χ2n) is 7.04. The molecule has 0 fully saturated rings. The molecule has 1 aliphatic heterocycles. The van der Waals surface area contributed by atoms with Gasteiger partial charge in [-0.1, -0.05) is 35.3 Å². The van der Waals surface area contributed by atoms with Crippen molar-refractivity contribution in [1.82, 2.24) is 10.2 Å². The fourth-order valence-electron chi connectivity index (χ4n) is 3.58. The van der Waals surface area contributed by atoms with Gasteiger partial charge in [-0.15, -0.1) is 5.10 Å². The van der Waals surface area contributed by atoms with Crippen LogP contribution in [0.2, 0.25) is 10.0 Å². The molecule has 5 N–H and O–H groups in total. The van der Waals surface area contributed by atoms with E-state index in [4.69, 9.17) is 48.9 Å². The molecule has 0 bridgehead atoms. The third-order valence-electron chi connectivity index (χ3n) is 5.04. The van der Waals surface area contributed by atoms with Gasteiger partial charge in [0.05, 0.1) is 34.3 Å². The normalized spacial score (nSPS) is 14.8. The second-order valence-corrected chi connectivity index (χ2v) is 7.85. The summed E-state index contributed by atoms with van der Waals surface area (Å²) in [6.07, 6.45) is 0. The molecule has 9 nitrogen and oxygen atoms in total. The van der Waals surface area contributed by atoms with Crippen molar-refractivity contribution in [2.45, 2.75) is 5.92 Å². The van der Waals surface area contributed by atoms with Gasteiger partial charge in [-0.3, -0.25) is 9.89 Å². The maximum Gasteiger partial charge on any atom is 0.255 e. The number of ether oxygens (including phenoxy) is 3. The van der Waals surface area contributed by atoms with Crippen LogP contribution in [0.5, 0.6) is 17.4 Å². The fraction of sp³-hybridized carbons (Fsp3) is 0.136. The Morgan fingerprint density at radius 2 is 2.03 bits per heavy atom. The topological polar surface area (TPSA) is 149 Å². The lowest BCUT2D eigenvalue weighted by Gasteiger charge is -2.25. The highest BCUT2D eigenvalue weighted by atomic mass is 35.5. The number of aromatic nitrogens is 2. The highest BCUT2D eigenvalue weighted by molar-refractivity contribution is 6.42. The van der Waals surface area contributed by atoms with Gasteiger partial charge in [-0.2, -0.15) is 5.26 Å². The van der Waals surface area contributed by atoms with Crippen molar-refractivity contribution in [3.8, 4) is 34.7 Å². The monoisotopic (exact) mass is 485 g/mol. The predicted octanol–water partition coefficient (Wildman–Crippen LogP) is 3.47. The largest absolute Gasteiger partial charge is 0.493 e. The number of allylic oxidation sites excluding steroid dienone is 1. The molecule has 3 aromatic rings. The first-order chi connectivity index (χ1) is 15.8. The van der Waals surface area contributed by atoms with Crippen LogP contribution in [0.3, 0.4) is 0 Å². The van der Waals surface area contributed by atoms with Crippen molar-refractivity contribution >= 4 is 29.1 Å². The van der Waals surface area contributed by atoms with Crippen molar-refractivity contribution in [2.24, 2.45) is 11.5 Å². The Hall–Kier alpha value is -3.87. The van der Waals surface area contributed by atoms with Crippen LogP contribution in [0.15, 0.2) is 47.9 Å². The zero-order valence-electron chi connectivity index (χ0n) is 17.2. The Kier molecular flexibility index (Phi) is 6.05. The number of methoxy groups -OCH3 is 1. The Balaban J connectivity index is 1.87. The van der Waals surface area contributed by atoms with E-state index in [1.807, 2.05) is 0 Å². The van der Waals surface area contributed by atoms with Gasteiger partial charge in [0, 0.05) is 5.56 Å². The van der Waals surface area contributed by atoms with E-state index in [1.54, 1.807) is 36.4 Å². The van der Waals surface area contributed by atoms with Crippen LogP contribution in [0, 0.1) is 11.3 Å². The molecule has 168 valence electrons. The van der Waals surface area contributed by atoms with Gasteiger partial charge in [0.15, 0.2) is 18.1 Å². The molecule has 11 heteroatoms. The number of nitriles is 1. The third kappa shape index (κ3) is 4.14. The summed E-state index contributed by atoms with van der Waals surface area (Å²) in [4.78, 5) is 11.1. The van der Waals surface area contributed by atoms with Gasteiger partial charge < -0.3 is 25.7 Å². The van der Waals surface area contributed by atoms with Gasteiger partial charge in [-0.05, 0) is 29.8 Å². The predicted molar refractivity (Wildman–Crippen MR) is 121 cm³/mol. The Morgan fingerprint density at radius 1 is 1.24 bits per heavy atom. The van der Waals surface area contributed by atoms with Crippen LogP contribution < -0.4 is 25.7 Å². The molecule has 1 unspecified atom stereocenters. The van der Waals surface area contributed by atoms with Crippen LogP contribution in [-0.4, -0.2) is 29.8 Å². The zero-order valence-corrected chi connectivity index (χ0v) is 18.7. The van der Waals surface area contributed by atoms with E-state index in [0.29, 0.717) is 43.9 Å². The number of H-pyrrole nitrogens is 1. The maximum atomic E-state index is 11.1. The van der Waals surface area contributed by atoms with E-state index < -0.39 is 11.8 Å². The van der Waals surface area contributed by atoms with E-state index in [1.165, 1.54) is 7.11 Å². The number of carbonyl (C=O) groups excluding carboxylic acids is 1. The summed E-state index contributed by atoms with van der Waals surface area (Å²) in [5, 5.41) is 17.8. The van der Waals surface area contributed by atoms with Crippen molar-refractivity contribution in [3.63, 3.8) is 0 Å². The SMILES string of the molecule is COc1cc(C2C(C#N)=C(N)Oc3n[nH]c(-c4ccc(Cl)c(Cl)c4)c32)ccc1OCC(N)=O. The molecule has 2 aromatic carbocycles. The highest BCUT2D eigenvalue weighted by Crippen LogP contribution is 2.47. The number of hydrogen-bond acceptors (Lipinski definition) is 7. The molecule has 0 saturated carbocycles. The Bertz CT molecular complexity index is 1330. The molecular formula is C22H17Cl2N5O4. The smallest absolute Gasteiger partial charge is 0.255 e. The maximum absolute atomic E-state index is 11.1. The van der Waals surface area contributed by atoms with Crippen LogP contribution in [0.25, 0.3) is 11.3 Å². The van der Waals surface area contributed by atoms with E-state index in [2.05, 4.69) is 16.3 Å². The first-order valence-corrected chi connectivity index (χ1v) is 10.3. The number of carbonyl (C=O) groups is 1. The average Bonchev–Trinajstić information content (AvgIpc) is 3.21. The molecule has 1 aromatic heterocycles. The minimum atomic E-state index is -0.638. The number of benzene rings is 2. The van der Waals surface area contributed by atoms with Crippen molar-refractivity contribution in [3.05, 3.63) is 69.0 Å². The molecule has 4 rings (SSSR count). The zero-order chi connectivity index (χ0) is 23.7. The fourth-order valence-corrected chi connectivity index (χ4v) is 3.88. The van der Waals surface area contributed by atoms with Gasteiger partial charge in [0.25, 0.3) is 5.91 Å². The number of halogens is 2. The summed E-state index contributed by atoms with van der Waals surface area (Å²) in [5.74, 6) is -0.430. The molecule has 33 heavy (non-hydrogen) atoms. The number of amides is 1. The number of primary amides is 1. The molecule has 1 aliphatic rings. The van der Waals surface area contributed by atoms with E-state index in [0.717, 1.165) is 0 Å². The van der Waals surface area contributed by atoms with Crippen molar-refractivity contribution < 1.29 is 19.0 Å². The molecule has 0 spiro atoms. The molecule has 0 saturated heterocycles. The lowest BCUT2D eigenvalue weighted by Crippen LogP contribution is -2.21. The van der Waals surface area contributed by atoms with E-state index >= 15 is 0 Å². The van der Waals surface area contributed by atoms with Crippen LogP contribution in [-0.2, 0) is 4.79 Å². The summed E-state index contributed by atoms with van der Waals surface area (Å²) < 4.78 is 16.4. The second kappa shape index (κ2) is 8.94. The van der Waals surface area contributed by atoms with Crippen LogP contribution in [0.1, 0.15) is 17.0 Å². The number of aromatic amines is 1. The number of nitrogens with one attached hydrogen (secondary N) is 1. The van der Waals surface area contributed by atoms with E-state index in [-0.39, 0.29) is 23.9 Å². The van der Waals surface area contributed by atoms with Crippen molar-refractivity contribution in [2.75, 3.05) is 13.7 Å². The number of hydrogen-bond donors (Lipinski definition) is 3. The summed E-state index contributed by atoms with van der Waals surface area (Å²) in [5.41, 5.74) is 13.9. The minimum Gasteiger partial charge on any atom is -0.493 e. The number of rotatable bonds is 6. The van der Waals surface area contributed by atoms with Crippen LogP contribution in [0.4, 0.5) is 0 Å². The molecular weight excluding hydrogens is 469 g/mol. The summed E-state index contributed by atoms with van der Waals surface area (Å²) >= 11 is 12.3. The van der Waals surface area contributed by atoms with Gasteiger partial charge >= 0.3 is 0 Å². The Morgan fingerprint density at radius 3 is 2.70 bits per heavy atom. The molecule has 0 radical (unpaired) electrons. The molecule has 2 heterocycles. The van der Waals surface area contributed by atoms with Gasteiger partial charge in [0.1, 0.15) is 11.6 Å². The average molecular weight is 486 g/mol. The quantitative estimate of drug-likeness (QED) is 0.483. The molecule has 0 aliphatic carbocycles. The number of fused-ring (bicyclic) bond motifs is 1. The number of nitrogens with zero attached hydrogens (tertiary/aromatic N) is 2. The van der Waals surface area contributed by atoms with Gasteiger partial charge in [-0.25, -0.2) is 0 Å². The standard InChI is InChI=1S/C22H17Cl2N5O4/c1-31-16-7-10(3-5-15(16)32-9-17(26)30)18-12(8-25)21(27)33-22-19(18)20(28-29-22)11-2-4-13(23)14(24)6-11/h2-7,18H,9,27H2,1H3,(H2,26,30)(H,28,29). The first-order valence-electron chi connectivity index (χ1n) is 9.54. The number of nitrogens with two attached hydrogens (primary N) is 2. The summed E-state index contributed by atoms with van der Waals surface area (Å²) in [6.45, 7) is -0.309. The summed E-state index contributed by atoms with van der Waals surface area (Å²) in [6, 6.07) is 12.3. The lowest BCUT2D eigenvalue weighted by molar-refractivity contribution is -0.119. The minimum absolute atomic E-state index is 0.0600. The first kappa shape index (κ1) is 22.3. The van der Waals surface area contributed by atoms with Gasteiger partial charge in [0.2, 0.25) is 11.8 Å². The molecule has 1 amide bonds. The lowest BCUT2D eigenvalue weighted by atomic mass is 9.83. The molecule has 1 atom stereocenters.